The molecule has 0 spiro atoms. The fourth-order valence-corrected chi connectivity index (χ4v) is 3.99. The van der Waals surface area contributed by atoms with Crippen molar-refractivity contribution in [1.82, 2.24) is 4.72 Å². The first kappa shape index (κ1) is 17.0. The van der Waals surface area contributed by atoms with E-state index in [1.165, 1.54) is 12.8 Å². The third kappa shape index (κ3) is 4.58. The molecule has 128 valence electrons. The molecule has 24 heavy (non-hydrogen) atoms. The van der Waals surface area contributed by atoms with E-state index in [1.54, 1.807) is 24.3 Å². The predicted octanol–water partition coefficient (Wildman–Crippen LogP) is 3.53. The van der Waals surface area contributed by atoms with Crippen LogP contribution in [0.2, 0.25) is 0 Å². The van der Waals surface area contributed by atoms with Crippen molar-refractivity contribution in [1.29, 1.82) is 0 Å². The van der Waals surface area contributed by atoms with Crippen molar-refractivity contribution >= 4 is 10.0 Å². The molecular formula is C19H23NO3S. The molecule has 1 saturated carbocycles. The summed E-state index contributed by atoms with van der Waals surface area (Å²) in [5.74, 6) is 0.741. The fraction of sp³-hybridized carbons (Fsp3) is 0.368. The van der Waals surface area contributed by atoms with E-state index in [9.17, 15) is 8.42 Å². The van der Waals surface area contributed by atoms with Crippen LogP contribution in [0.15, 0.2) is 59.5 Å². The van der Waals surface area contributed by atoms with E-state index >= 15 is 0 Å². The highest BCUT2D eigenvalue weighted by Gasteiger charge is 2.17. The number of hydrogen-bond acceptors (Lipinski definition) is 3. The molecule has 1 N–H and O–H groups in total. The van der Waals surface area contributed by atoms with Crippen LogP contribution in [0.4, 0.5) is 0 Å². The van der Waals surface area contributed by atoms with E-state index in [0.717, 1.165) is 24.2 Å². The third-order valence-corrected chi connectivity index (χ3v) is 5.76. The molecule has 0 aromatic heterocycles. The number of benzene rings is 2. The maximum Gasteiger partial charge on any atom is 0.240 e. The van der Waals surface area contributed by atoms with E-state index in [1.807, 2.05) is 30.3 Å². The molecule has 0 bridgehead atoms. The van der Waals surface area contributed by atoms with Gasteiger partial charge in [0.25, 0.3) is 0 Å². The Balaban J connectivity index is 1.55. The largest absolute Gasteiger partial charge is 0.490 e. The first-order valence-electron chi connectivity index (χ1n) is 8.44. The Labute approximate surface area is 143 Å². The second-order valence-electron chi connectivity index (χ2n) is 6.13. The monoisotopic (exact) mass is 345 g/mol. The van der Waals surface area contributed by atoms with Crippen molar-refractivity contribution in [3.8, 4) is 5.75 Å². The van der Waals surface area contributed by atoms with Gasteiger partial charge in [-0.25, -0.2) is 13.1 Å². The summed E-state index contributed by atoms with van der Waals surface area (Å²) in [5, 5.41) is 0. The average molecular weight is 345 g/mol. The fourth-order valence-electron chi connectivity index (χ4n) is 2.95. The van der Waals surface area contributed by atoms with Crippen LogP contribution in [0.1, 0.15) is 31.2 Å². The van der Waals surface area contributed by atoms with E-state index in [-0.39, 0.29) is 11.0 Å². The summed E-state index contributed by atoms with van der Waals surface area (Å²) < 4.78 is 33.2. The molecule has 0 unspecified atom stereocenters. The van der Waals surface area contributed by atoms with Crippen LogP contribution in [-0.4, -0.2) is 21.1 Å². The number of rotatable bonds is 7. The van der Waals surface area contributed by atoms with E-state index in [0.29, 0.717) is 13.0 Å². The van der Waals surface area contributed by atoms with Gasteiger partial charge >= 0.3 is 0 Å². The first-order valence-corrected chi connectivity index (χ1v) is 9.92. The Morgan fingerprint density at radius 2 is 1.62 bits per heavy atom. The zero-order valence-electron chi connectivity index (χ0n) is 13.6. The van der Waals surface area contributed by atoms with Gasteiger partial charge in [0.1, 0.15) is 5.75 Å². The van der Waals surface area contributed by atoms with E-state index < -0.39 is 10.0 Å². The van der Waals surface area contributed by atoms with Crippen molar-refractivity contribution in [2.75, 3.05) is 6.54 Å². The van der Waals surface area contributed by atoms with Crippen molar-refractivity contribution in [2.45, 2.75) is 43.1 Å². The summed E-state index contributed by atoms with van der Waals surface area (Å²) in [6.45, 7) is 0.382. The molecule has 0 amide bonds. The summed E-state index contributed by atoms with van der Waals surface area (Å²) in [6.07, 6.45) is 5.53. The molecule has 0 radical (unpaired) electrons. The lowest BCUT2D eigenvalue weighted by molar-refractivity contribution is 0.210. The molecule has 5 heteroatoms. The van der Waals surface area contributed by atoms with Gasteiger partial charge in [-0.15, -0.1) is 0 Å². The molecule has 4 nitrogen and oxygen atoms in total. The van der Waals surface area contributed by atoms with Gasteiger partial charge in [-0.1, -0.05) is 30.3 Å². The van der Waals surface area contributed by atoms with Crippen LogP contribution in [0, 0.1) is 0 Å². The molecule has 0 saturated heterocycles. The molecule has 2 aromatic rings. The predicted molar refractivity (Wildman–Crippen MR) is 94.7 cm³/mol. The van der Waals surface area contributed by atoms with E-state index in [4.69, 9.17) is 4.74 Å². The summed E-state index contributed by atoms with van der Waals surface area (Å²) in [4.78, 5) is 0.273. The summed E-state index contributed by atoms with van der Waals surface area (Å²) in [7, 11) is -3.48. The number of nitrogens with one attached hydrogen (secondary N) is 1. The molecule has 0 atom stereocenters. The van der Waals surface area contributed by atoms with Crippen LogP contribution >= 0.6 is 0 Å². The maximum atomic E-state index is 12.3. The minimum absolute atomic E-state index is 0.273. The lowest BCUT2D eigenvalue weighted by atomic mass is 10.2. The Morgan fingerprint density at radius 1 is 0.958 bits per heavy atom. The van der Waals surface area contributed by atoms with Gasteiger partial charge in [-0.05, 0) is 61.9 Å². The van der Waals surface area contributed by atoms with Crippen LogP contribution in [0.25, 0.3) is 0 Å². The topological polar surface area (TPSA) is 55.4 Å². The Hall–Kier alpha value is -1.85. The van der Waals surface area contributed by atoms with Gasteiger partial charge in [0.05, 0.1) is 11.0 Å². The molecular weight excluding hydrogens is 322 g/mol. The lowest BCUT2D eigenvalue weighted by Gasteiger charge is -2.13. The quantitative estimate of drug-likeness (QED) is 0.835. The van der Waals surface area contributed by atoms with Gasteiger partial charge in [-0.3, -0.25) is 0 Å². The summed E-state index contributed by atoms with van der Waals surface area (Å²) in [6, 6.07) is 16.5. The van der Waals surface area contributed by atoms with Gasteiger partial charge < -0.3 is 4.74 Å². The lowest BCUT2D eigenvalue weighted by Crippen LogP contribution is -2.26. The molecule has 1 aliphatic carbocycles. The Bertz CT molecular complexity index is 736. The Morgan fingerprint density at radius 3 is 2.29 bits per heavy atom. The second-order valence-corrected chi connectivity index (χ2v) is 7.90. The molecule has 1 aliphatic rings. The normalized spacial score (nSPS) is 15.5. The van der Waals surface area contributed by atoms with Gasteiger partial charge in [0, 0.05) is 6.54 Å². The van der Waals surface area contributed by atoms with Crippen LogP contribution < -0.4 is 9.46 Å². The standard InChI is InChI=1S/C19H23NO3S/c21-24(22,20-15-14-16-6-2-1-3-7-16)19-12-10-18(11-13-19)23-17-8-4-5-9-17/h1-3,6-7,10-13,17,20H,4-5,8-9,14-15H2. The molecule has 1 fully saturated rings. The van der Waals surface area contributed by atoms with Crippen LogP contribution in [-0.2, 0) is 16.4 Å². The van der Waals surface area contributed by atoms with Crippen molar-refractivity contribution in [3.63, 3.8) is 0 Å². The zero-order chi connectivity index (χ0) is 16.8. The minimum atomic E-state index is -3.48. The molecule has 2 aromatic carbocycles. The van der Waals surface area contributed by atoms with Crippen molar-refractivity contribution in [3.05, 3.63) is 60.2 Å². The highest BCUT2D eigenvalue weighted by atomic mass is 32.2. The maximum absolute atomic E-state index is 12.3. The summed E-state index contributed by atoms with van der Waals surface area (Å²) >= 11 is 0. The SMILES string of the molecule is O=S(=O)(NCCc1ccccc1)c1ccc(OC2CCCC2)cc1. The average Bonchev–Trinajstić information content (AvgIpc) is 3.09. The second kappa shape index (κ2) is 7.81. The third-order valence-electron chi connectivity index (χ3n) is 4.29. The minimum Gasteiger partial charge on any atom is -0.490 e. The smallest absolute Gasteiger partial charge is 0.240 e. The number of sulfonamides is 1. The zero-order valence-corrected chi connectivity index (χ0v) is 14.5. The van der Waals surface area contributed by atoms with E-state index in [2.05, 4.69) is 4.72 Å². The number of ether oxygens (including phenoxy) is 1. The molecule has 0 aliphatic heterocycles. The van der Waals surface area contributed by atoms with Gasteiger partial charge in [0.15, 0.2) is 0 Å². The number of hydrogen-bond donors (Lipinski definition) is 1. The summed E-state index contributed by atoms with van der Waals surface area (Å²) in [5.41, 5.74) is 1.11. The first-order chi connectivity index (χ1) is 11.6. The highest BCUT2D eigenvalue weighted by molar-refractivity contribution is 7.89. The van der Waals surface area contributed by atoms with Gasteiger partial charge in [0.2, 0.25) is 10.0 Å². The van der Waals surface area contributed by atoms with Crippen LogP contribution in [0.5, 0.6) is 5.75 Å². The highest BCUT2D eigenvalue weighted by Crippen LogP contribution is 2.24. The van der Waals surface area contributed by atoms with Crippen molar-refractivity contribution < 1.29 is 13.2 Å². The Kier molecular flexibility index (Phi) is 5.53. The van der Waals surface area contributed by atoms with Crippen molar-refractivity contribution in [2.24, 2.45) is 0 Å². The molecule has 0 heterocycles. The molecule has 3 rings (SSSR count). The van der Waals surface area contributed by atoms with Gasteiger partial charge in [-0.2, -0.15) is 0 Å². The van der Waals surface area contributed by atoms with Crippen LogP contribution in [0.3, 0.4) is 0 Å².